The summed E-state index contributed by atoms with van der Waals surface area (Å²) in [4.78, 5) is 5.70. The number of anilines is 1. The van der Waals surface area contributed by atoms with Gasteiger partial charge < -0.3 is 9.80 Å². The first kappa shape index (κ1) is 23.1. The van der Waals surface area contributed by atoms with E-state index in [0.29, 0.717) is 11.7 Å². The molecule has 1 aromatic rings. The second-order valence-corrected chi connectivity index (χ2v) is 10.7. The number of likely N-dealkylation sites (tertiary alicyclic amines) is 1. The van der Waals surface area contributed by atoms with Gasteiger partial charge in [0.05, 0.1) is 11.7 Å². The van der Waals surface area contributed by atoms with Gasteiger partial charge in [-0.15, -0.1) is 0 Å². The second kappa shape index (κ2) is 11.2. The molecule has 3 aliphatic rings. The second-order valence-electron chi connectivity index (χ2n) is 10.7. The maximum atomic E-state index is 3.95. The Morgan fingerprint density at radius 2 is 1.52 bits per heavy atom. The van der Waals surface area contributed by atoms with Gasteiger partial charge in [0.15, 0.2) is 0 Å². The number of hydrogen-bond donors (Lipinski definition) is 1. The fourth-order valence-electron chi connectivity index (χ4n) is 6.48. The number of nitrogens with one attached hydrogen (secondary N) is 1. The third-order valence-corrected chi connectivity index (χ3v) is 8.45. The molecule has 0 aromatic heterocycles. The Morgan fingerprint density at radius 3 is 2.13 bits per heavy atom. The van der Waals surface area contributed by atoms with Crippen LogP contribution < -0.4 is 10.2 Å². The van der Waals surface area contributed by atoms with Crippen LogP contribution >= 0.6 is 0 Å². The summed E-state index contributed by atoms with van der Waals surface area (Å²) in [7, 11) is 0. The molecule has 31 heavy (non-hydrogen) atoms. The van der Waals surface area contributed by atoms with Crippen LogP contribution in [0.15, 0.2) is 24.3 Å². The predicted molar refractivity (Wildman–Crippen MR) is 134 cm³/mol. The van der Waals surface area contributed by atoms with Gasteiger partial charge in [-0.1, -0.05) is 82.4 Å². The highest BCUT2D eigenvalue weighted by atomic mass is 15.4. The van der Waals surface area contributed by atoms with Crippen LogP contribution in [0.25, 0.3) is 0 Å². The summed E-state index contributed by atoms with van der Waals surface area (Å²) >= 11 is 0. The van der Waals surface area contributed by atoms with E-state index < -0.39 is 0 Å². The van der Waals surface area contributed by atoms with E-state index in [9.17, 15) is 0 Å². The zero-order chi connectivity index (χ0) is 21.5. The van der Waals surface area contributed by atoms with Crippen molar-refractivity contribution in [3.63, 3.8) is 0 Å². The molecule has 2 aliphatic heterocycles. The minimum atomic E-state index is 0.306. The van der Waals surface area contributed by atoms with E-state index in [1.807, 2.05) is 0 Å². The molecule has 0 bridgehead atoms. The summed E-state index contributed by atoms with van der Waals surface area (Å²) in [6.45, 7) is 8.25. The molecule has 2 heterocycles. The van der Waals surface area contributed by atoms with Crippen LogP contribution in [0.4, 0.5) is 5.69 Å². The summed E-state index contributed by atoms with van der Waals surface area (Å²) in [5, 5.41) is 3.95. The summed E-state index contributed by atoms with van der Waals surface area (Å²) in [5.74, 6) is 0. The molecule has 3 fully saturated rings. The maximum Gasteiger partial charge on any atom is 0.0803 e. The van der Waals surface area contributed by atoms with Crippen molar-refractivity contribution in [2.45, 2.75) is 121 Å². The molecular weight excluding hydrogens is 378 g/mol. The van der Waals surface area contributed by atoms with Gasteiger partial charge in [0.1, 0.15) is 0 Å². The van der Waals surface area contributed by atoms with Crippen LogP contribution in [0.2, 0.25) is 0 Å². The Bertz CT molecular complexity index is 637. The average molecular weight is 426 g/mol. The molecule has 174 valence electrons. The highest BCUT2D eigenvalue weighted by molar-refractivity contribution is 5.53. The van der Waals surface area contributed by atoms with E-state index >= 15 is 0 Å². The van der Waals surface area contributed by atoms with Crippen molar-refractivity contribution in [3.05, 3.63) is 29.8 Å². The first-order valence-corrected chi connectivity index (χ1v) is 13.6. The standard InChI is InChI=1S/C28H47N3/c1-3-4-14-27-29-23-28(31(27)26-17-15-24(2)16-18-26)19-21-30(22-20-28)25-12-10-8-6-5-7-9-11-13-25/h15-18,25,27,29H,3-14,19-23H2,1-2H3. The lowest BCUT2D eigenvalue weighted by atomic mass is 9.84. The number of rotatable bonds is 5. The zero-order valence-corrected chi connectivity index (χ0v) is 20.4. The van der Waals surface area contributed by atoms with Crippen LogP contribution in [0.3, 0.4) is 0 Å². The van der Waals surface area contributed by atoms with Gasteiger partial charge in [0, 0.05) is 31.4 Å². The van der Waals surface area contributed by atoms with Gasteiger partial charge in [-0.3, -0.25) is 5.32 Å². The van der Waals surface area contributed by atoms with E-state index in [2.05, 4.69) is 53.2 Å². The van der Waals surface area contributed by atoms with E-state index in [0.717, 1.165) is 12.6 Å². The Balaban J connectivity index is 1.44. The van der Waals surface area contributed by atoms with Gasteiger partial charge in [0.2, 0.25) is 0 Å². The minimum absolute atomic E-state index is 0.306. The molecule has 1 N–H and O–H groups in total. The summed E-state index contributed by atoms with van der Waals surface area (Å²) < 4.78 is 0. The molecule has 1 atom stereocenters. The number of piperidine rings is 1. The zero-order valence-electron chi connectivity index (χ0n) is 20.4. The van der Waals surface area contributed by atoms with Gasteiger partial charge in [-0.25, -0.2) is 0 Å². The third kappa shape index (κ3) is 5.66. The smallest absolute Gasteiger partial charge is 0.0803 e. The maximum absolute atomic E-state index is 3.95. The van der Waals surface area contributed by atoms with Crippen LogP contribution in [-0.4, -0.2) is 42.3 Å². The number of nitrogens with zero attached hydrogens (tertiary/aromatic N) is 2. The first-order chi connectivity index (χ1) is 15.2. The van der Waals surface area contributed by atoms with Crippen molar-refractivity contribution in [1.82, 2.24) is 10.2 Å². The molecule has 3 heteroatoms. The molecular formula is C28H47N3. The number of benzene rings is 1. The van der Waals surface area contributed by atoms with Crippen LogP contribution in [-0.2, 0) is 0 Å². The number of aryl methyl sites for hydroxylation is 1. The summed E-state index contributed by atoms with van der Waals surface area (Å²) in [6.07, 6.45) is 20.1. The highest BCUT2D eigenvalue weighted by Gasteiger charge is 2.47. The summed E-state index contributed by atoms with van der Waals surface area (Å²) in [5.41, 5.74) is 3.10. The summed E-state index contributed by atoms with van der Waals surface area (Å²) in [6, 6.07) is 10.2. The lowest BCUT2D eigenvalue weighted by Gasteiger charge is -2.48. The lowest BCUT2D eigenvalue weighted by Crippen LogP contribution is -2.57. The van der Waals surface area contributed by atoms with Crippen molar-refractivity contribution < 1.29 is 0 Å². The molecule has 1 spiro atoms. The Morgan fingerprint density at radius 1 is 0.903 bits per heavy atom. The first-order valence-electron chi connectivity index (χ1n) is 13.6. The molecule has 1 aromatic carbocycles. The van der Waals surface area contributed by atoms with E-state index in [1.165, 1.54) is 114 Å². The van der Waals surface area contributed by atoms with Crippen molar-refractivity contribution in [3.8, 4) is 0 Å². The largest absolute Gasteiger partial charge is 0.349 e. The van der Waals surface area contributed by atoms with Crippen LogP contribution in [0.1, 0.15) is 102 Å². The van der Waals surface area contributed by atoms with Crippen LogP contribution in [0, 0.1) is 6.92 Å². The van der Waals surface area contributed by atoms with Crippen molar-refractivity contribution >= 4 is 5.69 Å². The molecule has 1 unspecified atom stereocenters. The average Bonchev–Trinajstić information content (AvgIpc) is 3.14. The fraction of sp³-hybridized carbons (Fsp3) is 0.786. The predicted octanol–water partition coefficient (Wildman–Crippen LogP) is 6.65. The minimum Gasteiger partial charge on any atom is -0.349 e. The molecule has 2 saturated heterocycles. The molecule has 3 nitrogen and oxygen atoms in total. The van der Waals surface area contributed by atoms with Gasteiger partial charge >= 0.3 is 0 Å². The van der Waals surface area contributed by atoms with Gasteiger partial charge in [-0.2, -0.15) is 0 Å². The van der Waals surface area contributed by atoms with Gasteiger partial charge in [-0.05, 0) is 51.2 Å². The van der Waals surface area contributed by atoms with E-state index in [-0.39, 0.29) is 0 Å². The Labute approximate surface area is 192 Å². The molecule has 1 aliphatic carbocycles. The number of unbranched alkanes of at least 4 members (excludes halogenated alkanes) is 1. The van der Waals surface area contributed by atoms with Crippen molar-refractivity contribution in [1.29, 1.82) is 0 Å². The SMILES string of the molecule is CCCCC1NCC2(CCN(C3CCCCCCCCC3)CC2)N1c1ccc(C)cc1. The van der Waals surface area contributed by atoms with E-state index in [4.69, 9.17) is 0 Å². The quantitative estimate of drug-likeness (QED) is 0.570. The normalized spacial score (nSPS) is 26.4. The third-order valence-electron chi connectivity index (χ3n) is 8.45. The molecule has 4 rings (SSSR count). The Kier molecular flexibility index (Phi) is 8.34. The fourth-order valence-corrected chi connectivity index (χ4v) is 6.48. The number of hydrogen-bond acceptors (Lipinski definition) is 3. The molecule has 0 amide bonds. The highest BCUT2D eigenvalue weighted by Crippen LogP contribution is 2.40. The van der Waals surface area contributed by atoms with Crippen molar-refractivity contribution in [2.24, 2.45) is 0 Å². The Hall–Kier alpha value is -1.06. The topological polar surface area (TPSA) is 18.5 Å². The molecule has 0 radical (unpaired) electrons. The van der Waals surface area contributed by atoms with Crippen LogP contribution in [0.5, 0.6) is 0 Å². The van der Waals surface area contributed by atoms with Gasteiger partial charge in [0.25, 0.3) is 0 Å². The van der Waals surface area contributed by atoms with Crippen molar-refractivity contribution in [2.75, 3.05) is 24.5 Å². The monoisotopic (exact) mass is 425 g/mol. The lowest BCUT2D eigenvalue weighted by molar-refractivity contribution is 0.106. The van der Waals surface area contributed by atoms with E-state index in [1.54, 1.807) is 0 Å². The molecule has 1 saturated carbocycles.